The third kappa shape index (κ3) is 3.73. The smallest absolute Gasteiger partial charge is 0.337 e. The van der Waals surface area contributed by atoms with E-state index in [1.54, 1.807) is 4.90 Å². The van der Waals surface area contributed by atoms with Gasteiger partial charge in [0.2, 0.25) is 0 Å². The van der Waals surface area contributed by atoms with Gasteiger partial charge in [-0.1, -0.05) is 0 Å². The van der Waals surface area contributed by atoms with Crippen molar-refractivity contribution in [2.75, 3.05) is 26.7 Å². The minimum Gasteiger partial charge on any atom is -0.337 e. The van der Waals surface area contributed by atoms with Crippen LogP contribution in [0.1, 0.15) is 52.0 Å². The first-order valence-corrected chi connectivity index (χ1v) is 9.26. The van der Waals surface area contributed by atoms with Gasteiger partial charge in [0, 0.05) is 62.0 Å². The van der Waals surface area contributed by atoms with E-state index in [9.17, 15) is 18.0 Å². The Morgan fingerprint density at radius 3 is 2.68 bits per heavy atom. The Morgan fingerprint density at radius 2 is 2.00 bits per heavy atom. The maximum Gasteiger partial charge on any atom is 0.432 e. The van der Waals surface area contributed by atoms with Crippen LogP contribution in [-0.4, -0.2) is 62.6 Å². The molecule has 0 saturated carbocycles. The quantitative estimate of drug-likeness (QED) is 0.845. The Hall–Kier alpha value is -2.49. The van der Waals surface area contributed by atoms with Crippen LogP contribution >= 0.6 is 0 Å². The molecule has 0 aliphatic carbocycles. The number of nitrogens with zero attached hydrogens (tertiary/aromatic N) is 5. The molecule has 0 bridgehead atoms. The summed E-state index contributed by atoms with van der Waals surface area (Å²) in [5, 5.41) is 5.41. The molecule has 0 radical (unpaired) electrons. The predicted octanol–water partition coefficient (Wildman–Crippen LogP) is 2.23. The van der Waals surface area contributed by atoms with Crippen molar-refractivity contribution in [1.82, 2.24) is 30.0 Å². The van der Waals surface area contributed by atoms with Gasteiger partial charge in [-0.3, -0.25) is 9.89 Å². The minimum atomic E-state index is -4.54. The Bertz CT molecular complexity index is 872. The lowest BCUT2D eigenvalue weighted by molar-refractivity contribution is -0.141. The van der Waals surface area contributed by atoms with E-state index in [2.05, 4.69) is 22.0 Å². The molecule has 1 saturated heterocycles. The molecule has 10 heteroatoms. The zero-order valence-electron chi connectivity index (χ0n) is 15.5. The number of carbonyl (C=O) groups excluding carboxylic acids is 1. The summed E-state index contributed by atoms with van der Waals surface area (Å²) < 4.78 is 38.0. The van der Waals surface area contributed by atoms with E-state index >= 15 is 0 Å². The number of nitrogens with one attached hydrogen (secondary N) is 1. The lowest BCUT2D eigenvalue weighted by Crippen LogP contribution is -2.38. The van der Waals surface area contributed by atoms with Crippen LogP contribution in [0.3, 0.4) is 0 Å². The third-order valence-electron chi connectivity index (χ3n) is 5.39. The molecule has 150 valence electrons. The van der Waals surface area contributed by atoms with Crippen LogP contribution in [0.4, 0.5) is 13.2 Å². The van der Waals surface area contributed by atoms with Gasteiger partial charge >= 0.3 is 6.18 Å². The molecule has 2 aliphatic heterocycles. The average Bonchev–Trinajstić information content (AvgIpc) is 3.18. The van der Waals surface area contributed by atoms with Gasteiger partial charge in [0.05, 0.1) is 0 Å². The van der Waals surface area contributed by atoms with Crippen molar-refractivity contribution in [3.8, 4) is 0 Å². The monoisotopic (exact) mass is 394 g/mol. The number of halogens is 3. The van der Waals surface area contributed by atoms with E-state index < -0.39 is 17.8 Å². The molecule has 2 aromatic rings. The lowest BCUT2D eigenvalue weighted by Gasteiger charge is -2.31. The van der Waals surface area contributed by atoms with Crippen molar-refractivity contribution >= 4 is 5.91 Å². The number of amides is 1. The van der Waals surface area contributed by atoms with E-state index in [4.69, 9.17) is 4.98 Å². The number of H-pyrrole nitrogens is 1. The number of carbonyl (C=O) groups is 1. The number of fused-ring (bicyclic) bond motifs is 1. The molecule has 2 aromatic heterocycles. The molecule has 1 N–H and O–H groups in total. The Balaban J connectivity index is 1.39. The molecule has 28 heavy (non-hydrogen) atoms. The van der Waals surface area contributed by atoms with Crippen LogP contribution in [0.25, 0.3) is 0 Å². The highest BCUT2D eigenvalue weighted by Gasteiger charge is 2.35. The highest BCUT2D eigenvalue weighted by Crippen LogP contribution is 2.30. The van der Waals surface area contributed by atoms with Crippen molar-refractivity contribution in [2.24, 2.45) is 0 Å². The second-order valence-corrected chi connectivity index (χ2v) is 7.42. The first kappa shape index (κ1) is 18.9. The summed E-state index contributed by atoms with van der Waals surface area (Å²) in [5.41, 5.74) is 1.03. The molecular formula is C18H21F3N6O. The molecule has 4 heterocycles. The number of piperidine rings is 1. The summed E-state index contributed by atoms with van der Waals surface area (Å²) in [5.74, 6) is 0.466. The summed E-state index contributed by atoms with van der Waals surface area (Å²) in [6, 6.07) is 0.762. The van der Waals surface area contributed by atoms with Crippen molar-refractivity contribution in [3.63, 3.8) is 0 Å². The Kier molecular flexibility index (Phi) is 4.82. The highest BCUT2D eigenvalue weighted by atomic mass is 19.4. The van der Waals surface area contributed by atoms with Gasteiger partial charge in [0.1, 0.15) is 11.5 Å². The molecule has 7 nitrogen and oxygen atoms in total. The maximum atomic E-state index is 12.7. The number of aromatic nitrogens is 4. The number of aromatic amines is 1. The summed E-state index contributed by atoms with van der Waals surface area (Å²) in [6.07, 6.45) is -0.383. The predicted molar refractivity (Wildman–Crippen MR) is 93.5 cm³/mol. The number of likely N-dealkylation sites (N-methyl/N-ethyl adjacent to an activating group) is 1. The third-order valence-corrected chi connectivity index (χ3v) is 5.39. The average molecular weight is 394 g/mol. The van der Waals surface area contributed by atoms with E-state index in [1.807, 2.05) is 11.3 Å². The zero-order valence-corrected chi connectivity index (χ0v) is 15.5. The second kappa shape index (κ2) is 7.16. The Labute approximate surface area is 160 Å². The van der Waals surface area contributed by atoms with Gasteiger partial charge in [0.25, 0.3) is 5.91 Å². The van der Waals surface area contributed by atoms with Crippen molar-refractivity contribution in [2.45, 2.75) is 37.9 Å². The fourth-order valence-electron chi connectivity index (χ4n) is 3.75. The van der Waals surface area contributed by atoms with Crippen molar-refractivity contribution in [1.29, 1.82) is 0 Å². The number of hydrogen-bond acceptors (Lipinski definition) is 5. The molecular weight excluding hydrogens is 373 g/mol. The van der Waals surface area contributed by atoms with Gasteiger partial charge in [-0.25, -0.2) is 9.97 Å². The maximum absolute atomic E-state index is 12.7. The number of alkyl halides is 3. The summed E-state index contributed by atoms with van der Waals surface area (Å²) >= 11 is 0. The second-order valence-electron chi connectivity index (χ2n) is 7.42. The molecule has 1 amide bonds. The van der Waals surface area contributed by atoms with Crippen LogP contribution < -0.4 is 0 Å². The standard InChI is InChI=1S/C18H21F3N6O/c1-26-5-4-13-12(10-26)9-22-16(23-13)11-2-6-27(7-3-11)17(28)14-8-15(25-24-14)18(19,20)21/h8-9,11H,2-7,10H2,1H3,(H,24,25). The minimum absolute atomic E-state index is 0.152. The van der Waals surface area contributed by atoms with Gasteiger partial charge in [0.15, 0.2) is 5.69 Å². The van der Waals surface area contributed by atoms with Crippen LogP contribution in [0, 0.1) is 0 Å². The topological polar surface area (TPSA) is 78.0 Å². The molecule has 0 aromatic carbocycles. The summed E-state index contributed by atoms with van der Waals surface area (Å²) in [6.45, 7) is 2.72. The van der Waals surface area contributed by atoms with E-state index in [1.165, 1.54) is 0 Å². The highest BCUT2D eigenvalue weighted by molar-refractivity contribution is 5.92. The fourth-order valence-corrected chi connectivity index (χ4v) is 3.75. The van der Waals surface area contributed by atoms with E-state index in [-0.39, 0.29) is 11.6 Å². The van der Waals surface area contributed by atoms with Crippen LogP contribution in [0.15, 0.2) is 12.3 Å². The summed E-state index contributed by atoms with van der Waals surface area (Å²) in [7, 11) is 2.07. The van der Waals surface area contributed by atoms with E-state index in [0.717, 1.165) is 42.7 Å². The van der Waals surface area contributed by atoms with Crippen molar-refractivity contribution in [3.05, 3.63) is 40.7 Å². The van der Waals surface area contributed by atoms with Crippen LogP contribution in [0.5, 0.6) is 0 Å². The van der Waals surface area contributed by atoms with Crippen LogP contribution in [-0.2, 0) is 19.1 Å². The SMILES string of the molecule is CN1CCc2nc(C3CCN(C(=O)c4cc(C(F)(F)F)[nH]n4)CC3)ncc2C1. The zero-order chi connectivity index (χ0) is 19.9. The molecule has 1 fully saturated rings. The van der Waals surface area contributed by atoms with Gasteiger partial charge in [-0.15, -0.1) is 0 Å². The molecule has 2 aliphatic rings. The van der Waals surface area contributed by atoms with E-state index in [0.29, 0.717) is 25.9 Å². The molecule has 0 spiro atoms. The fraction of sp³-hybridized carbons (Fsp3) is 0.556. The van der Waals surface area contributed by atoms with Gasteiger partial charge in [-0.05, 0) is 19.9 Å². The van der Waals surface area contributed by atoms with Gasteiger partial charge in [-0.2, -0.15) is 18.3 Å². The number of likely N-dealkylation sites (tertiary alicyclic amines) is 1. The summed E-state index contributed by atoms with van der Waals surface area (Å²) in [4.78, 5) is 25.5. The first-order valence-electron chi connectivity index (χ1n) is 9.26. The van der Waals surface area contributed by atoms with Gasteiger partial charge < -0.3 is 9.80 Å². The number of hydrogen-bond donors (Lipinski definition) is 1. The molecule has 0 unspecified atom stereocenters. The van der Waals surface area contributed by atoms with Crippen LogP contribution in [0.2, 0.25) is 0 Å². The molecule has 4 rings (SSSR count). The largest absolute Gasteiger partial charge is 0.432 e. The number of rotatable bonds is 2. The van der Waals surface area contributed by atoms with Crippen molar-refractivity contribution < 1.29 is 18.0 Å². The Morgan fingerprint density at radius 1 is 1.25 bits per heavy atom. The lowest BCUT2D eigenvalue weighted by atomic mass is 9.95. The molecule has 0 atom stereocenters. The first-order chi connectivity index (χ1) is 13.3. The normalized spacial score (nSPS) is 18.9.